The molecule has 0 heterocycles. The van der Waals surface area contributed by atoms with E-state index in [0.717, 1.165) is 0 Å². The van der Waals surface area contributed by atoms with Crippen LogP contribution in [0.3, 0.4) is 0 Å². The molecule has 0 bridgehead atoms. The maximum atomic E-state index is 12.8. The molecule has 0 aliphatic carbocycles. The summed E-state index contributed by atoms with van der Waals surface area (Å²) >= 11 is 5.36. The minimum absolute atomic E-state index is 0.0211. The zero-order chi connectivity index (χ0) is 8.43. The lowest BCUT2D eigenvalue weighted by Crippen LogP contribution is -1.88. The van der Waals surface area contributed by atoms with Crippen LogP contribution >= 0.6 is 11.6 Å². The molecule has 0 aromatic heterocycles. The van der Waals surface area contributed by atoms with Crippen molar-refractivity contribution < 1.29 is 14.2 Å². The van der Waals surface area contributed by atoms with Crippen molar-refractivity contribution in [3.05, 3.63) is 23.0 Å². The molecule has 60 valence electrons. The number of phenols is 1. The van der Waals surface area contributed by atoms with Crippen LogP contribution in [0.2, 0.25) is 5.02 Å². The third-order valence-electron chi connectivity index (χ3n) is 1.25. The molecule has 0 spiro atoms. The van der Waals surface area contributed by atoms with Gasteiger partial charge in [0.2, 0.25) is 0 Å². The van der Waals surface area contributed by atoms with Crippen molar-refractivity contribution in [2.45, 2.75) is 0 Å². The molecule has 0 fully saturated rings. The number of rotatable bonds is 1. The van der Waals surface area contributed by atoms with Gasteiger partial charge in [0.05, 0.1) is 7.11 Å². The first-order valence-electron chi connectivity index (χ1n) is 2.87. The maximum Gasteiger partial charge on any atom is 0.187 e. The molecule has 1 rings (SSSR count). The fourth-order valence-electron chi connectivity index (χ4n) is 0.679. The summed E-state index contributed by atoms with van der Waals surface area (Å²) in [7, 11) is 1.33. The molecule has 11 heavy (non-hydrogen) atoms. The Labute approximate surface area is 68.2 Å². The molecule has 1 N–H and O–H groups in total. The topological polar surface area (TPSA) is 29.5 Å². The second kappa shape index (κ2) is 2.96. The number of hydrogen-bond donors (Lipinski definition) is 1. The lowest BCUT2D eigenvalue weighted by molar-refractivity contribution is 0.382. The van der Waals surface area contributed by atoms with Gasteiger partial charge in [-0.05, 0) is 12.1 Å². The summed E-state index contributed by atoms with van der Waals surface area (Å²) in [4.78, 5) is 0. The van der Waals surface area contributed by atoms with Crippen LogP contribution in [0.15, 0.2) is 12.1 Å². The predicted molar refractivity (Wildman–Crippen MR) is 39.6 cm³/mol. The number of ether oxygens (including phenoxy) is 1. The van der Waals surface area contributed by atoms with E-state index in [9.17, 15) is 4.39 Å². The highest BCUT2D eigenvalue weighted by atomic mass is 35.5. The summed E-state index contributed by atoms with van der Waals surface area (Å²) in [5, 5.41) is 8.58. The molecule has 2 nitrogen and oxygen atoms in total. The summed E-state index contributed by atoms with van der Waals surface area (Å²) in [5.41, 5.74) is 0. The quantitative estimate of drug-likeness (QED) is 0.711. The van der Waals surface area contributed by atoms with Crippen LogP contribution < -0.4 is 4.74 Å². The average Bonchev–Trinajstić information content (AvgIpc) is 2.01. The highest BCUT2D eigenvalue weighted by Gasteiger charge is 2.10. The highest BCUT2D eigenvalue weighted by Crippen LogP contribution is 2.31. The Balaban J connectivity index is 3.25. The molecule has 0 saturated heterocycles. The fraction of sp³-hybridized carbons (Fsp3) is 0.143. The molecule has 0 atom stereocenters. The van der Waals surface area contributed by atoms with Crippen LogP contribution in [0.25, 0.3) is 0 Å². The Morgan fingerprint density at radius 2 is 2.18 bits per heavy atom. The molecule has 0 unspecified atom stereocenters. The molecular formula is C7H6ClFO2. The minimum atomic E-state index is -0.742. The number of phenolic OH excluding ortho intramolecular Hbond substituents is 1. The second-order valence-corrected chi connectivity index (χ2v) is 2.29. The first-order chi connectivity index (χ1) is 5.16. The molecule has 0 amide bonds. The van der Waals surface area contributed by atoms with Crippen molar-refractivity contribution in [1.29, 1.82) is 0 Å². The monoisotopic (exact) mass is 176 g/mol. The molecule has 0 saturated carbocycles. The zero-order valence-corrected chi connectivity index (χ0v) is 6.52. The van der Waals surface area contributed by atoms with E-state index >= 15 is 0 Å². The third kappa shape index (κ3) is 1.38. The van der Waals surface area contributed by atoms with Crippen LogP contribution in [0.4, 0.5) is 4.39 Å². The van der Waals surface area contributed by atoms with Gasteiger partial charge in [-0.2, -0.15) is 0 Å². The third-order valence-corrected chi connectivity index (χ3v) is 1.61. The van der Waals surface area contributed by atoms with Crippen LogP contribution in [-0.4, -0.2) is 12.2 Å². The van der Waals surface area contributed by atoms with E-state index in [-0.39, 0.29) is 16.5 Å². The Hall–Kier alpha value is -0.960. The van der Waals surface area contributed by atoms with Gasteiger partial charge in [-0.1, -0.05) is 11.6 Å². The summed E-state index contributed by atoms with van der Waals surface area (Å²) in [6.07, 6.45) is 0. The van der Waals surface area contributed by atoms with Gasteiger partial charge in [0.25, 0.3) is 0 Å². The summed E-state index contributed by atoms with van der Waals surface area (Å²) < 4.78 is 17.5. The normalized spacial score (nSPS) is 9.73. The van der Waals surface area contributed by atoms with Gasteiger partial charge < -0.3 is 9.84 Å². The first-order valence-corrected chi connectivity index (χ1v) is 3.25. The van der Waals surface area contributed by atoms with Gasteiger partial charge in [-0.15, -0.1) is 0 Å². The van der Waals surface area contributed by atoms with E-state index in [0.29, 0.717) is 0 Å². The van der Waals surface area contributed by atoms with Crippen molar-refractivity contribution in [2.24, 2.45) is 0 Å². The predicted octanol–water partition coefficient (Wildman–Crippen LogP) is 2.19. The van der Waals surface area contributed by atoms with E-state index in [1.165, 1.54) is 19.2 Å². The van der Waals surface area contributed by atoms with Crippen molar-refractivity contribution in [3.8, 4) is 11.5 Å². The maximum absolute atomic E-state index is 12.8. The summed E-state index contributed by atoms with van der Waals surface area (Å²) in [6, 6.07) is 2.57. The van der Waals surface area contributed by atoms with Crippen LogP contribution in [-0.2, 0) is 0 Å². The van der Waals surface area contributed by atoms with Gasteiger partial charge in [0.15, 0.2) is 11.6 Å². The molecule has 0 radical (unpaired) electrons. The smallest absolute Gasteiger partial charge is 0.187 e. The van der Waals surface area contributed by atoms with E-state index < -0.39 is 5.82 Å². The highest BCUT2D eigenvalue weighted by molar-refractivity contribution is 6.32. The van der Waals surface area contributed by atoms with E-state index in [2.05, 4.69) is 4.74 Å². The van der Waals surface area contributed by atoms with Gasteiger partial charge >= 0.3 is 0 Å². The molecule has 0 aliphatic heterocycles. The summed E-state index contributed by atoms with van der Waals surface area (Å²) in [5.74, 6) is -1.01. The molecule has 1 aromatic carbocycles. The number of halogens is 2. The lowest BCUT2D eigenvalue weighted by Gasteiger charge is -2.03. The molecule has 1 aromatic rings. The summed E-state index contributed by atoms with van der Waals surface area (Å²) in [6.45, 7) is 0. The Morgan fingerprint density at radius 3 is 2.73 bits per heavy atom. The van der Waals surface area contributed by atoms with Crippen LogP contribution in [0.5, 0.6) is 11.5 Å². The van der Waals surface area contributed by atoms with E-state index in [4.69, 9.17) is 16.7 Å². The van der Waals surface area contributed by atoms with Crippen LogP contribution in [0, 0.1) is 5.82 Å². The van der Waals surface area contributed by atoms with Crippen molar-refractivity contribution >= 4 is 11.6 Å². The number of hydrogen-bond acceptors (Lipinski definition) is 2. The molecular weight excluding hydrogens is 171 g/mol. The number of methoxy groups -OCH3 is 1. The SMILES string of the molecule is COc1ccc(O)c(Cl)c1F. The lowest BCUT2D eigenvalue weighted by atomic mass is 10.3. The zero-order valence-electron chi connectivity index (χ0n) is 5.77. The second-order valence-electron chi connectivity index (χ2n) is 1.91. The van der Waals surface area contributed by atoms with Crippen molar-refractivity contribution in [2.75, 3.05) is 7.11 Å². The van der Waals surface area contributed by atoms with Gasteiger partial charge in [-0.3, -0.25) is 0 Å². The van der Waals surface area contributed by atoms with Crippen molar-refractivity contribution in [1.82, 2.24) is 0 Å². The molecule has 4 heteroatoms. The van der Waals surface area contributed by atoms with Crippen molar-refractivity contribution in [3.63, 3.8) is 0 Å². The largest absolute Gasteiger partial charge is 0.506 e. The Kier molecular flexibility index (Phi) is 2.19. The Morgan fingerprint density at radius 1 is 1.55 bits per heavy atom. The average molecular weight is 177 g/mol. The van der Waals surface area contributed by atoms with Crippen LogP contribution in [0.1, 0.15) is 0 Å². The van der Waals surface area contributed by atoms with E-state index in [1.807, 2.05) is 0 Å². The van der Waals surface area contributed by atoms with Gasteiger partial charge in [0.1, 0.15) is 10.8 Å². The number of aromatic hydroxyl groups is 1. The minimum Gasteiger partial charge on any atom is -0.506 e. The fourth-order valence-corrected chi connectivity index (χ4v) is 0.835. The van der Waals surface area contributed by atoms with Gasteiger partial charge in [0, 0.05) is 0 Å². The first kappa shape index (κ1) is 8.14. The van der Waals surface area contributed by atoms with E-state index in [1.54, 1.807) is 0 Å². The standard InChI is InChI=1S/C7H6ClFO2/c1-11-5-3-2-4(10)6(8)7(5)9/h2-3,10H,1H3. The number of benzene rings is 1. The van der Waals surface area contributed by atoms with Gasteiger partial charge in [-0.25, -0.2) is 4.39 Å². The molecule has 0 aliphatic rings. The Bertz CT molecular complexity index is 275.